The number of aliphatic carboxylic acids is 1. The lowest BCUT2D eigenvalue weighted by Gasteiger charge is -2.26. The van der Waals surface area contributed by atoms with E-state index < -0.39 is 12.1 Å². The van der Waals surface area contributed by atoms with E-state index in [-0.39, 0.29) is 24.1 Å². The van der Waals surface area contributed by atoms with Crippen LogP contribution in [0.3, 0.4) is 0 Å². The first kappa shape index (κ1) is 11.9. The molecule has 1 fully saturated rings. The molecule has 1 N–H and O–H groups in total. The van der Waals surface area contributed by atoms with E-state index in [9.17, 15) is 9.59 Å². The van der Waals surface area contributed by atoms with Gasteiger partial charge in [0.1, 0.15) is 0 Å². The summed E-state index contributed by atoms with van der Waals surface area (Å²) in [5.74, 6) is -0.743. The van der Waals surface area contributed by atoms with E-state index in [1.54, 1.807) is 11.9 Å². The van der Waals surface area contributed by atoms with Gasteiger partial charge in [0.25, 0.3) is 5.91 Å². The zero-order valence-electron chi connectivity index (χ0n) is 9.92. The third kappa shape index (κ3) is 2.40. The average Bonchev–Trinajstić information content (AvgIpc) is 3.03. The predicted molar refractivity (Wildman–Crippen MR) is 59.5 cm³/mol. The van der Waals surface area contributed by atoms with E-state index in [0.29, 0.717) is 5.92 Å². The van der Waals surface area contributed by atoms with Crippen LogP contribution in [0.1, 0.15) is 26.2 Å². The molecular weight excluding hydrogens is 224 g/mol. The number of carbonyl (C=O) groups is 2. The van der Waals surface area contributed by atoms with Gasteiger partial charge in [-0.2, -0.15) is 0 Å². The highest BCUT2D eigenvalue weighted by atomic mass is 16.6. The summed E-state index contributed by atoms with van der Waals surface area (Å²) in [5.41, 5.74) is -0.0872. The molecule has 17 heavy (non-hydrogen) atoms. The van der Waals surface area contributed by atoms with Crippen molar-refractivity contribution in [3.05, 3.63) is 0 Å². The molecule has 0 aromatic heterocycles. The van der Waals surface area contributed by atoms with Crippen molar-refractivity contribution >= 4 is 17.6 Å². The van der Waals surface area contributed by atoms with E-state index in [0.717, 1.165) is 12.8 Å². The Morgan fingerprint density at radius 2 is 2.18 bits per heavy atom. The molecule has 6 heteroatoms. The molecule has 0 saturated heterocycles. The van der Waals surface area contributed by atoms with Crippen molar-refractivity contribution in [2.45, 2.75) is 38.3 Å². The number of rotatable bonds is 4. The van der Waals surface area contributed by atoms with Crippen LogP contribution in [0, 0.1) is 5.92 Å². The van der Waals surface area contributed by atoms with Gasteiger partial charge in [-0.25, -0.2) is 4.79 Å². The summed E-state index contributed by atoms with van der Waals surface area (Å²) in [6.45, 7) is 2.00. The van der Waals surface area contributed by atoms with E-state index in [2.05, 4.69) is 5.16 Å². The van der Waals surface area contributed by atoms with E-state index in [1.165, 1.54) is 0 Å². The van der Waals surface area contributed by atoms with E-state index in [4.69, 9.17) is 9.94 Å². The van der Waals surface area contributed by atoms with Gasteiger partial charge >= 0.3 is 5.97 Å². The summed E-state index contributed by atoms with van der Waals surface area (Å²) in [5, 5.41) is 12.1. The Kier molecular flexibility index (Phi) is 3.04. The molecule has 1 aliphatic heterocycles. The van der Waals surface area contributed by atoms with Crippen molar-refractivity contribution in [1.82, 2.24) is 4.90 Å². The third-order valence-electron chi connectivity index (χ3n) is 3.45. The molecule has 0 aromatic carbocycles. The molecule has 1 amide bonds. The SMILES string of the molecule is CC(C1CC1)N(C)C(=O)C1CC(C(=O)O)=NO1. The third-order valence-corrected chi connectivity index (χ3v) is 3.45. The summed E-state index contributed by atoms with van der Waals surface area (Å²) < 4.78 is 0. The highest BCUT2D eigenvalue weighted by molar-refractivity contribution is 6.36. The number of nitrogens with zero attached hydrogens (tertiary/aromatic N) is 2. The van der Waals surface area contributed by atoms with Crippen molar-refractivity contribution in [1.29, 1.82) is 0 Å². The van der Waals surface area contributed by atoms with Crippen LogP contribution in [0.2, 0.25) is 0 Å². The molecule has 1 aliphatic carbocycles. The van der Waals surface area contributed by atoms with Crippen molar-refractivity contribution in [2.75, 3.05) is 7.05 Å². The second-order valence-electron chi connectivity index (χ2n) is 4.67. The number of carboxylic acids is 1. The van der Waals surface area contributed by atoms with Gasteiger partial charge in [-0.3, -0.25) is 4.79 Å². The lowest BCUT2D eigenvalue weighted by atomic mass is 10.1. The van der Waals surface area contributed by atoms with Crippen LogP contribution in [0.4, 0.5) is 0 Å². The molecule has 1 heterocycles. The van der Waals surface area contributed by atoms with Gasteiger partial charge in [0.15, 0.2) is 5.71 Å². The van der Waals surface area contributed by atoms with Crippen LogP contribution in [-0.4, -0.2) is 46.8 Å². The number of oxime groups is 1. The number of carbonyl (C=O) groups excluding carboxylic acids is 1. The number of likely N-dealkylation sites (N-methyl/N-ethyl adjacent to an activating group) is 1. The second kappa shape index (κ2) is 4.35. The maximum Gasteiger partial charge on any atom is 0.353 e. The van der Waals surface area contributed by atoms with Gasteiger partial charge in [-0.15, -0.1) is 0 Å². The van der Waals surface area contributed by atoms with Crippen LogP contribution in [0.15, 0.2) is 5.16 Å². The summed E-state index contributed by atoms with van der Waals surface area (Å²) in [7, 11) is 1.73. The molecule has 0 radical (unpaired) electrons. The maximum absolute atomic E-state index is 12.0. The Hall–Kier alpha value is -1.59. The number of amides is 1. The molecule has 0 spiro atoms. The maximum atomic E-state index is 12.0. The smallest absolute Gasteiger partial charge is 0.353 e. The molecule has 2 aliphatic rings. The Labute approximate surface area is 99.2 Å². The second-order valence-corrected chi connectivity index (χ2v) is 4.67. The normalized spacial score (nSPS) is 24.8. The number of hydrogen-bond acceptors (Lipinski definition) is 4. The first-order chi connectivity index (χ1) is 8.00. The monoisotopic (exact) mass is 240 g/mol. The molecule has 0 aromatic rings. The first-order valence-electron chi connectivity index (χ1n) is 5.73. The topological polar surface area (TPSA) is 79.2 Å². The van der Waals surface area contributed by atoms with Crippen molar-refractivity contribution in [2.24, 2.45) is 11.1 Å². The minimum absolute atomic E-state index is 0.0515. The van der Waals surface area contributed by atoms with Crippen LogP contribution >= 0.6 is 0 Å². The summed E-state index contributed by atoms with van der Waals surface area (Å²) in [6.07, 6.45) is 1.59. The first-order valence-corrected chi connectivity index (χ1v) is 5.73. The summed E-state index contributed by atoms with van der Waals surface area (Å²) >= 11 is 0. The minimum Gasteiger partial charge on any atom is -0.477 e. The largest absolute Gasteiger partial charge is 0.477 e. The van der Waals surface area contributed by atoms with Crippen molar-refractivity contribution in [3.63, 3.8) is 0 Å². The zero-order valence-corrected chi connectivity index (χ0v) is 9.92. The van der Waals surface area contributed by atoms with E-state index in [1.807, 2.05) is 6.92 Å². The molecule has 2 atom stereocenters. The Bertz CT molecular complexity index is 376. The fraction of sp³-hybridized carbons (Fsp3) is 0.727. The summed E-state index contributed by atoms with van der Waals surface area (Å²) in [4.78, 5) is 29.2. The fourth-order valence-electron chi connectivity index (χ4n) is 1.96. The van der Waals surface area contributed by atoms with Crippen molar-refractivity contribution in [3.8, 4) is 0 Å². The van der Waals surface area contributed by atoms with Crippen LogP contribution < -0.4 is 0 Å². The van der Waals surface area contributed by atoms with Crippen LogP contribution in [-0.2, 0) is 14.4 Å². The summed E-state index contributed by atoms with van der Waals surface area (Å²) in [6, 6.07) is 0.181. The molecular formula is C11H16N2O4. The van der Waals surface area contributed by atoms with Gasteiger partial charge in [0.05, 0.1) is 0 Å². The molecule has 0 bridgehead atoms. The highest BCUT2D eigenvalue weighted by Gasteiger charge is 2.38. The van der Waals surface area contributed by atoms with E-state index >= 15 is 0 Å². The number of hydrogen-bond donors (Lipinski definition) is 1. The minimum atomic E-state index is -1.13. The van der Waals surface area contributed by atoms with Gasteiger partial charge in [0.2, 0.25) is 6.10 Å². The van der Waals surface area contributed by atoms with Crippen LogP contribution in [0.25, 0.3) is 0 Å². The standard InChI is InChI=1S/C11H16N2O4/c1-6(7-3-4-7)13(2)10(14)9-5-8(11(15)16)12-17-9/h6-7,9H,3-5H2,1-2H3,(H,15,16). The Morgan fingerprint density at radius 1 is 1.53 bits per heavy atom. The average molecular weight is 240 g/mol. The Morgan fingerprint density at radius 3 is 2.65 bits per heavy atom. The predicted octanol–water partition coefficient (Wildman–Crippen LogP) is 0.473. The van der Waals surface area contributed by atoms with Crippen LogP contribution in [0.5, 0.6) is 0 Å². The number of carboxylic acid groups (broad SMARTS) is 1. The zero-order chi connectivity index (χ0) is 12.6. The molecule has 94 valence electrons. The van der Waals surface area contributed by atoms with Gasteiger partial charge < -0.3 is 14.8 Å². The lowest BCUT2D eigenvalue weighted by molar-refractivity contribution is -0.143. The van der Waals surface area contributed by atoms with Gasteiger partial charge in [0, 0.05) is 19.5 Å². The molecule has 2 rings (SSSR count). The van der Waals surface area contributed by atoms with Crippen molar-refractivity contribution < 1.29 is 19.5 Å². The van der Waals surface area contributed by atoms with Gasteiger partial charge in [-0.1, -0.05) is 5.16 Å². The molecule has 1 saturated carbocycles. The Balaban J connectivity index is 1.91. The quantitative estimate of drug-likeness (QED) is 0.774. The fourth-order valence-corrected chi connectivity index (χ4v) is 1.96. The lowest BCUT2D eigenvalue weighted by Crippen LogP contribution is -2.42. The molecule has 6 nitrogen and oxygen atoms in total. The molecule has 2 unspecified atom stereocenters. The van der Waals surface area contributed by atoms with Gasteiger partial charge in [-0.05, 0) is 25.7 Å². The highest BCUT2D eigenvalue weighted by Crippen LogP contribution is 2.35.